The van der Waals surface area contributed by atoms with Crippen LogP contribution in [0.25, 0.3) is 0 Å². The SMILES string of the molecule is Cn1c(CN2CCOCC2)nnc1C1CCCN(c2nccs2)C1. The van der Waals surface area contributed by atoms with E-state index in [1.54, 1.807) is 11.3 Å². The Hall–Kier alpha value is -1.51. The molecule has 7 nitrogen and oxygen atoms in total. The number of morpholine rings is 1. The van der Waals surface area contributed by atoms with Gasteiger partial charge in [-0.1, -0.05) is 0 Å². The molecule has 0 aliphatic carbocycles. The Morgan fingerprint density at radius 1 is 1.25 bits per heavy atom. The Kier molecular flexibility index (Phi) is 4.77. The summed E-state index contributed by atoms with van der Waals surface area (Å²) < 4.78 is 7.62. The van der Waals surface area contributed by atoms with E-state index in [2.05, 4.69) is 36.6 Å². The van der Waals surface area contributed by atoms with Crippen LogP contribution >= 0.6 is 11.3 Å². The van der Waals surface area contributed by atoms with Crippen LogP contribution in [0.4, 0.5) is 5.13 Å². The maximum Gasteiger partial charge on any atom is 0.185 e. The Morgan fingerprint density at radius 2 is 2.12 bits per heavy atom. The summed E-state index contributed by atoms with van der Waals surface area (Å²) in [6.45, 7) is 6.51. The smallest absolute Gasteiger partial charge is 0.185 e. The maximum atomic E-state index is 5.42. The van der Waals surface area contributed by atoms with E-state index in [1.165, 1.54) is 12.8 Å². The van der Waals surface area contributed by atoms with Gasteiger partial charge in [-0.2, -0.15) is 0 Å². The molecule has 1 unspecified atom stereocenters. The average Bonchev–Trinajstić information content (AvgIpc) is 3.27. The second-order valence-corrected chi connectivity index (χ2v) is 7.39. The lowest BCUT2D eigenvalue weighted by molar-refractivity contribution is 0.0326. The molecule has 1 atom stereocenters. The maximum absolute atomic E-state index is 5.42. The Balaban J connectivity index is 1.45. The fourth-order valence-electron chi connectivity index (χ4n) is 3.56. The van der Waals surface area contributed by atoms with Gasteiger partial charge in [0.2, 0.25) is 0 Å². The summed E-state index contributed by atoms with van der Waals surface area (Å²) >= 11 is 1.71. The number of ether oxygens (including phenoxy) is 1. The Labute approximate surface area is 146 Å². The van der Waals surface area contributed by atoms with Gasteiger partial charge in [-0.3, -0.25) is 4.90 Å². The van der Waals surface area contributed by atoms with Crippen molar-refractivity contribution in [3.8, 4) is 0 Å². The molecule has 2 aliphatic rings. The van der Waals surface area contributed by atoms with Gasteiger partial charge >= 0.3 is 0 Å². The zero-order valence-electron chi connectivity index (χ0n) is 14.1. The summed E-state index contributed by atoms with van der Waals surface area (Å²) in [7, 11) is 2.10. The summed E-state index contributed by atoms with van der Waals surface area (Å²) in [5.74, 6) is 2.59. The molecule has 130 valence electrons. The van der Waals surface area contributed by atoms with Gasteiger partial charge in [-0.25, -0.2) is 4.98 Å². The van der Waals surface area contributed by atoms with Crippen LogP contribution in [0.2, 0.25) is 0 Å². The summed E-state index contributed by atoms with van der Waals surface area (Å²) in [4.78, 5) is 9.23. The molecule has 2 fully saturated rings. The van der Waals surface area contributed by atoms with Crippen LogP contribution in [0.3, 0.4) is 0 Å². The largest absolute Gasteiger partial charge is 0.379 e. The van der Waals surface area contributed by atoms with Crippen molar-refractivity contribution in [1.29, 1.82) is 0 Å². The highest BCUT2D eigenvalue weighted by molar-refractivity contribution is 7.13. The topological polar surface area (TPSA) is 59.3 Å². The van der Waals surface area contributed by atoms with Crippen LogP contribution in [0.15, 0.2) is 11.6 Å². The quantitative estimate of drug-likeness (QED) is 0.834. The van der Waals surface area contributed by atoms with E-state index in [9.17, 15) is 0 Å². The Morgan fingerprint density at radius 3 is 2.92 bits per heavy atom. The molecule has 2 aromatic heterocycles. The summed E-state index contributed by atoms with van der Waals surface area (Å²) in [6, 6.07) is 0. The predicted molar refractivity (Wildman–Crippen MR) is 93.4 cm³/mol. The van der Waals surface area contributed by atoms with Crippen molar-refractivity contribution >= 4 is 16.5 Å². The lowest BCUT2D eigenvalue weighted by atomic mass is 9.97. The summed E-state index contributed by atoms with van der Waals surface area (Å²) in [5.41, 5.74) is 0. The highest BCUT2D eigenvalue weighted by Crippen LogP contribution is 2.30. The number of thiazole rings is 1. The van der Waals surface area contributed by atoms with Crippen molar-refractivity contribution in [2.75, 3.05) is 44.3 Å². The molecule has 2 saturated heterocycles. The van der Waals surface area contributed by atoms with Crippen LogP contribution in [-0.2, 0) is 18.3 Å². The number of hydrogen-bond acceptors (Lipinski definition) is 7. The predicted octanol–water partition coefficient (Wildman–Crippen LogP) is 1.49. The molecule has 0 amide bonds. The molecule has 0 bridgehead atoms. The van der Waals surface area contributed by atoms with Crippen LogP contribution in [-0.4, -0.2) is 64.0 Å². The molecule has 4 heterocycles. The van der Waals surface area contributed by atoms with Crippen LogP contribution < -0.4 is 4.90 Å². The molecule has 0 radical (unpaired) electrons. The van der Waals surface area contributed by atoms with Crippen molar-refractivity contribution < 1.29 is 4.74 Å². The van der Waals surface area contributed by atoms with Crippen molar-refractivity contribution in [3.05, 3.63) is 23.2 Å². The van der Waals surface area contributed by atoms with E-state index in [-0.39, 0.29) is 0 Å². The number of nitrogens with zero attached hydrogens (tertiary/aromatic N) is 6. The lowest BCUT2D eigenvalue weighted by Gasteiger charge is -2.32. The third-order valence-electron chi connectivity index (χ3n) is 4.94. The zero-order valence-corrected chi connectivity index (χ0v) is 14.9. The normalized spacial score (nSPS) is 22.9. The van der Waals surface area contributed by atoms with E-state index in [0.717, 1.165) is 62.7 Å². The minimum atomic E-state index is 0.429. The molecule has 2 aliphatic heterocycles. The van der Waals surface area contributed by atoms with Crippen molar-refractivity contribution in [1.82, 2.24) is 24.6 Å². The van der Waals surface area contributed by atoms with Gasteiger partial charge < -0.3 is 14.2 Å². The molecule has 2 aromatic rings. The van der Waals surface area contributed by atoms with E-state index in [1.807, 2.05) is 11.6 Å². The van der Waals surface area contributed by atoms with Crippen LogP contribution in [0.5, 0.6) is 0 Å². The lowest BCUT2D eigenvalue weighted by Crippen LogP contribution is -2.37. The highest BCUT2D eigenvalue weighted by Gasteiger charge is 2.27. The van der Waals surface area contributed by atoms with Gasteiger partial charge in [0.05, 0.1) is 19.8 Å². The first-order valence-corrected chi connectivity index (χ1v) is 9.52. The third-order valence-corrected chi connectivity index (χ3v) is 5.78. The molecular weight excluding hydrogens is 324 g/mol. The first kappa shape index (κ1) is 16.0. The van der Waals surface area contributed by atoms with Crippen molar-refractivity contribution in [3.63, 3.8) is 0 Å². The second kappa shape index (κ2) is 7.16. The third kappa shape index (κ3) is 3.31. The molecule has 4 rings (SSSR count). The van der Waals surface area contributed by atoms with E-state index in [0.29, 0.717) is 5.92 Å². The van der Waals surface area contributed by atoms with Crippen LogP contribution in [0.1, 0.15) is 30.4 Å². The zero-order chi connectivity index (χ0) is 16.4. The van der Waals surface area contributed by atoms with Gasteiger partial charge in [0.1, 0.15) is 11.6 Å². The minimum Gasteiger partial charge on any atom is -0.379 e. The molecule has 0 saturated carbocycles. The molecule has 24 heavy (non-hydrogen) atoms. The van der Waals surface area contributed by atoms with Gasteiger partial charge in [-0.05, 0) is 12.8 Å². The number of hydrogen-bond donors (Lipinski definition) is 0. The first-order chi connectivity index (χ1) is 11.8. The first-order valence-electron chi connectivity index (χ1n) is 8.64. The van der Waals surface area contributed by atoms with Gasteiger partial charge in [-0.15, -0.1) is 21.5 Å². The van der Waals surface area contributed by atoms with Gasteiger partial charge in [0.15, 0.2) is 5.13 Å². The van der Waals surface area contributed by atoms with E-state index < -0.39 is 0 Å². The molecule has 0 N–H and O–H groups in total. The molecule has 0 aromatic carbocycles. The minimum absolute atomic E-state index is 0.429. The van der Waals surface area contributed by atoms with Crippen LogP contribution in [0, 0.1) is 0 Å². The number of aromatic nitrogens is 4. The fraction of sp³-hybridized carbons (Fsp3) is 0.688. The number of rotatable bonds is 4. The highest BCUT2D eigenvalue weighted by atomic mass is 32.1. The molecule has 8 heteroatoms. The average molecular weight is 348 g/mol. The fourth-order valence-corrected chi connectivity index (χ4v) is 4.24. The summed E-state index contributed by atoms with van der Waals surface area (Å²) in [5, 5.41) is 12.2. The number of piperidine rings is 1. The van der Waals surface area contributed by atoms with Crippen molar-refractivity contribution in [2.45, 2.75) is 25.3 Å². The Bertz CT molecular complexity index is 652. The summed E-state index contributed by atoms with van der Waals surface area (Å²) in [6.07, 6.45) is 4.23. The standard InChI is InChI=1S/C16H24N6OS/c1-20-14(12-21-6-8-23-9-7-21)18-19-15(20)13-3-2-5-22(11-13)16-17-4-10-24-16/h4,10,13H,2-3,5-9,11-12H2,1H3. The molecule has 0 spiro atoms. The van der Waals surface area contributed by atoms with E-state index in [4.69, 9.17) is 4.74 Å². The second-order valence-electron chi connectivity index (χ2n) is 6.52. The number of anilines is 1. The van der Waals surface area contributed by atoms with Gasteiger partial charge in [0, 0.05) is 50.7 Å². The van der Waals surface area contributed by atoms with Crippen molar-refractivity contribution in [2.24, 2.45) is 7.05 Å². The molecular formula is C16H24N6OS. The van der Waals surface area contributed by atoms with E-state index >= 15 is 0 Å². The van der Waals surface area contributed by atoms with Gasteiger partial charge in [0.25, 0.3) is 0 Å². The monoisotopic (exact) mass is 348 g/mol.